The fourth-order valence-corrected chi connectivity index (χ4v) is 4.30. The third-order valence-electron chi connectivity index (χ3n) is 4.20. The van der Waals surface area contributed by atoms with Crippen LogP contribution in [0.5, 0.6) is 5.75 Å². The standard InChI is InChI=1S/C16H26N2O5S2/c1-2-24(19,20)11-10-23-15-5-7-16(8-6-15)25(21,22)18-13-14-4-3-9-17-12-14/h5-8,14,17-18H,2-4,9-13H2,1H3. The van der Waals surface area contributed by atoms with Crippen molar-refractivity contribution >= 4 is 19.9 Å². The smallest absolute Gasteiger partial charge is 0.240 e. The third-order valence-corrected chi connectivity index (χ3v) is 7.31. The number of sulfone groups is 1. The molecule has 1 fully saturated rings. The molecule has 1 saturated heterocycles. The van der Waals surface area contributed by atoms with Gasteiger partial charge in [-0.3, -0.25) is 0 Å². The molecule has 1 aliphatic heterocycles. The van der Waals surface area contributed by atoms with E-state index >= 15 is 0 Å². The topological polar surface area (TPSA) is 102 Å². The van der Waals surface area contributed by atoms with Crippen LogP contribution in [0.3, 0.4) is 0 Å². The van der Waals surface area contributed by atoms with E-state index in [0.717, 1.165) is 25.9 Å². The van der Waals surface area contributed by atoms with E-state index < -0.39 is 19.9 Å². The second-order valence-electron chi connectivity index (χ2n) is 6.12. The molecular formula is C16H26N2O5S2. The van der Waals surface area contributed by atoms with E-state index in [0.29, 0.717) is 18.2 Å². The molecule has 9 heteroatoms. The quantitative estimate of drug-likeness (QED) is 0.646. The number of hydrogen-bond acceptors (Lipinski definition) is 6. The first-order valence-corrected chi connectivity index (χ1v) is 11.8. The lowest BCUT2D eigenvalue weighted by molar-refractivity contribution is 0.340. The lowest BCUT2D eigenvalue weighted by Crippen LogP contribution is -2.38. The molecule has 1 atom stereocenters. The molecule has 2 N–H and O–H groups in total. The minimum absolute atomic E-state index is 0.0508. The van der Waals surface area contributed by atoms with E-state index in [9.17, 15) is 16.8 Å². The van der Waals surface area contributed by atoms with Crippen molar-refractivity contribution in [3.63, 3.8) is 0 Å². The van der Waals surface area contributed by atoms with Crippen molar-refractivity contribution in [2.75, 3.05) is 37.7 Å². The van der Waals surface area contributed by atoms with Crippen LogP contribution >= 0.6 is 0 Å². The molecule has 0 aromatic heterocycles. The van der Waals surface area contributed by atoms with Gasteiger partial charge in [0.25, 0.3) is 0 Å². The number of ether oxygens (including phenoxy) is 1. The van der Waals surface area contributed by atoms with Crippen molar-refractivity contribution in [3.05, 3.63) is 24.3 Å². The van der Waals surface area contributed by atoms with Crippen LogP contribution in [-0.4, -0.2) is 54.6 Å². The fraction of sp³-hybridized carbons (Fsp3) is 0.625. The predicted octanol–water partition coefficient (Wildman–Crippen LogP) is 0.778. The van der Waals surface area contributed by atoms with Gasteiger partial charge in [0.2, 0.25) is 10.0 Å². The summed E-state index contributed by atoms with van der Waals surface area (Å²) in [6.45, 7) is 3.88. The van der Waals surface area contributed by atoms with Crippen LogP contribution in [0.2, 0.25) is 0 Å². The van der Waals surface area contributed by atoms with Crippen LogP contribution in [0.25, 0.3) is 0 Å². The second kappa shape index (κ2) is 8.98. The van der Waals surface area contributed by atoms with Crippen LogP contribution < -0.4 is 14.8 Å². The molecule has 142 valence electrons. The van der Waals surface area contributed by atoms with Crippen molar-refractivity contribution in [2.45, 2.75) is 24.7 Å². The number of piperidine rings is 1. The molecule has 0 radical (unpaired) electrons. The third kappa shape index (κ3) is 6.58. The van der Waals surface area contributed by atoms with Gasteiger partial charge in [0, 0.05) is 12.3 Å². The Bertz CT molecular complexity index is 739. The average molecular weight is 391 g/mol. The van der Waals surface area contributed by atoms with Gasteiger partial charge in [-0.25, -0.2) is 21.6 Å². The Labute approximate surface area is 150 Å². The SMILES string of the molecule is CCS(=O)(=O)CCOc1ccc(S(=O)(=O)NCC2CCCNC2)cc1. The number of nitrogens with one attached hydrogen (secondary N) is 2. The molecule has 1 aromatic rings. The Morgan fingerprint density at radius 2 is 1.92 bits per heavy atom. The van der Waals surface area contributed by atoms with Gasteiger partial charge in [-0.15, -0.1) is 0 Å². The van der Waals surface area contributed by atoms with E-state index in [-0.39, 0.29) is 23.0 Å². The average Bonchev–Trinajstić information content (AvgIpc) is 2.61. The molecule has 0 amide bonds. The van der Waals surface area contributed by atoms with Gasteiger partial charge in [0.15, 0.2) is 9.84 Å². The summed E-state index contributed by atoms with van der Waals surface area (Å²) in [5, 5.41) is 3.26. The number of sulfonamides is 1. The molecule has 1 aromatic carbocycles. The van der Waals surface area contributed by atoms with E-state index in [1.807, 2.05) is 0 Å². The lowest BCUT2D eigenvalue weighted by Gasteiger charge is -2.22. The van der Waals surface area contributed by atoms with Gasteiger partial charge in [-0.05, 0) is 56.1 Å². The molecule has 1 aliphatic rings. The fourth-order valence-electron chi connectivity index (χ4n) is 2.55. The van der Waals surface area contributed by atoms with Crippen molar-refractivity contribution in [1.29, 1.82) is 0 Å². The van der Waals surface area contributed by atoms with E-state index in [1.165, 1.54) is 24.3 Å². The highest BCUT2D eigenvalue weighted by molar-refractivity contribution is 7.91. The van der Waals surface area contributed by atoms with E-state index in [1.54, 1.807) is 6.92 Å². The number of hydrogen-bond donors (Lipinski definition) is 2. The van der Waals surface area contributed by atoms with Gasteiger partial charge >= 0.3 is 0 Å². The molecule has 0 bridgehead atoms. The minimum Gasteiger partial charge on any atom is -0.493 e. The molecule has 1 heterocycles. The number of rotatable bonds is 9. The first kappa shape index (κ1) is 20.2. The zero-order chi connectivity index (χ0) is 18.3. The Kier molecular flexibility index (Phi) is 7.24. The van der Waals surface area contributed by atoms with Gasteiger partial charge in [0.1, 0.15) is 12.4 Å². The molecule has 2 rings (SSSR count). The molecule has 0 saturated carbocycles. The van der Waals surface area contributed by atoms with Gasteiger partial charge < -0.3 is 10.1 Å². The summed E-state index contributed by atoms with van der Waals surface area (Å²) in [4.78, 5) is 0.171. The van der Waals surface area contributed by atoms with Crippen molar-refractivity contribution in [1.82, 2.24) is 10.0 Å². The highest BCUT2D eigenvalue weighted by Gasteiger charge is 2.18. The Morgan fingerprint density at radius 3 is 2.52 bits per heavy atom. The molecule has 0 aliphatic carbocycles. The zero-order valence-corrected chi connectivity index (χ0v) is 16.0. The van der Waals surface area contributed by atoms with Crippen LogP contribution in [0.15, 0.2) is 29.2 Å². The van der Waals surface area contributed by atoms with Crippen molar-refractivity contribution in [2.24, 2.45) is 5.92 Å². The molecule has 25 heavy (non-hydrogen) atoms. The molecule has 7 nitrogen and oxygen atoms in total. The van der Waals surface area contributed by atoms with Crippen LogP contribution in [0.4, 0.5) is 0 Å². The normalized spacial score (nSPS) is 18.8. The Balaban J connectivity index is 1.87. The molecule has 0 spiro atoms. The predicted molar refractivity (Wildman–Crippen MR) is 97.0 cm³/mol. The van der Waals surface area contributed by atoms with Crippen molar-refractivity contribution in [3.8, 4) is 5.75 Å². The van der Waals surface area contributed by atoms with Crippen LogP contribution in [0, 0.1) is 5.92 Å². The molecule has 1 unspecified atom stereocenters. The summed E-state index contributed by atoms with van der Waals surface area (Å²) in [7, 11) is -6.63. The van der Waals surface area contributed by atoms with Crippen molar-refractivity contribution < 1.29 is 21.6 Å². The summed E-state index contributed by atoms with van der Waals surface area (Å²) in [6.07, 6.45) is 2.08. The largest absolute Gasteiger partial charge is 0.493 e. The van der Waals surface area contributed by atoms with Gasteiger partial charge in [0.05, 0.1) is 10.6 Å². The first-order valence-electron chi connectivity index (χ1n) is 8.46. The summed E-state index contributed by atoms with van der Waals surface area (Å²) < 4.78 is 55.5. The molecular weight excluding hydrogens is 364 g/mol. The zero-order valence-electron chi connectivity index (χ0n) is 14.4. The highest BCUT2D eigenvalue weighted by Crippen LogP contribution is 2.17. The lowest BCUT2D eigenvalue weighted by atomic mass is 10.0. The van der Waals surface area contributed by atoms with E-state index in [2.05, 4.69) is 10.0 Å². The summed E-state index contributed by atoms with van der Waals surface area (Å²) >= 11 is 0. The minimum atomic E-state index is -3.55. The van der Waals surface area contributed by atoms with E-state index in [4.69, 9.17) is 4.74 Å². The second-order valence-corrected chi connectivity index (χ2v) is 10.4. The summed E-state index contributed by atoms with van der Waals surface area (Å²) in [6, 6.07) is 6.00. The maximum atomic E-state index is 12.3. The van der Waals surface area contributed by atoms with Gasteiger partial charge in [-0.1, -0.05) is 6.92 Å². The Hall–Kier alpha value is -1.16. The maximum absolute atomic E-state index is 12.3. The summed E-state index contributed by atoms with van der Waals surface area (Å²) in [5.41, 5.74) is 0. The monoisotopic (exact) mass is 390 g/mol. The van der Waals surface area contributed by atoms with Gasteiger partial charge in [-0.2, -0.15) is 0 Å². The first-order chi connectivity index (χ1) is 11.8. The Morgan fingerprint density at radius 1 is 1.20 bits per heavy atom. The highest BCUT2D eigenvalue weighted by atomic mass is 32.2. The number of benzene rings is 1. The summed E-state index contributed by atoms with van der Waals surface area (Å²) in [5.74, 6) is 0.782. The maximum Gasteiger partial charge on any atom is 0.240 e. The van der Waals surface area contributed by atoms with Crippen LogP contribution in [0.1, 0.15) is 19.8 Å². The van der Waals surface area contributed by atoms with Crippen LogP contribution in [-0.2, 0) is 19.9 Å².